The van der Waals surface area contributed by atoms with Gasteiger partial charge in [-0.2, -0.15) is 0 Å². The average Bonchev–Trinajstić information content (AvgIpc) is 2.66. The molecule has 0 bridgehead atoms. The minimum absolute atomic E-state index is 0.293. The predicted molar refractivity (Wildman–Crippen MR) is 54.5 cm³/mol. The van der Waals surface area contributed by atoms with Crippen LogP contribution in [0.25, 0.3) is 0 Å². The molecule has 0 aromatic heterocycles. The maximum Gasteiger partial charge on any atom is 0.0655 e. The van der Waals surface area contributed by atoms with E-state index in [1.165, 1.54) is 19.3 Å². The maximum atomic E-state index is 10.4. The van der Waals surface area contributed by atoms with E-state index >= 15 is 0 Å². The summed E-state index contributed by atoms with van der Waals surface area (Å²) < 4.78 is 0. The van der Waals surface area contributed by atoms with Gasteiger partial charge in [-0.25, -0.2) is 0 Å². The fourth-order valence-electron chi connectivity index (χ4n) is 3.26. The van der Waals surface area contributed by atoms with Crippen molar-refractivity contribution in [3.05, 3.63) is 0 Å². The standard InChI is InChI=1S/C12H22O/c1-9-5-10(2)7-12(13,6-9)8-11-3-4-11/h9-11,13H,3-8H2,1-2H3. The molecule has 2 aliphatic rings. The van der Waals surface area contributed by atoms with Gasteiger partial charge in [0.2, 0.25) is 0 Å². The summed E-state index contributed by atoms with van der Waals surface area (Å²) in [4.78, 5) is 0. The largest absolute Gasteiger partial charge is 0.390 e. The van der Waals surface area contributed by atoms with E-state index < -0.39 is 0 Å². The summed E-state index contributed by atoms with van der Waals surface area (Å²) >= 11 is 0. The minimum Gasteiger partial charge on any atom is -0.390 e. The Balaban J connectivity index is 1.94. The van der Waals surface area contributed by atoms with Gasteiger partial charge in [0, 0.05) is 0 Å². The molecule has 0 aliphatic heterocycles. The van der Waals surface area contributed by atoms with Crippen LogP contribution in [-0.2, 0) is 0 Å². The first-order valence-corrected chi connectivity index (χ1v) is 5.80. The van der Waals surface area contributed by atoms with Crippen molar-refractivity contribution in [2.75, 3.05) is 0 Å². The van der Waals surface area contributed by atoms with E-state index in [0.717, 1.165) is 37.0 Å². The van der Waals surface area contributed by atoms with Crippen molar-refractivity contribution in [1.29, 1.82) is 0 Å². The van der Waals surface area contributed by atoms with Crippen LogP contribution < -0.4 is 0 Å². The van der Waals surface area contributed by atoms with Crippen LogP contribution in [0.1, 0.15) is 52.4 Å². The molecule has 1 nitrogen and oxygen atoms in total. The third-order valence-electron chi connectivity index (χ3n) is 3.63. The summed E-state index contributed by atoms with van der Waals surface area (Å²) in [6.45, 7) is 4.57. The molecule has 1 N–H and O–H groups in total. The quantitative estimate of drug-likeness (QED) is 0.696. The number of hydrogen-bond acceptors (Lipinski definition) is 1. The van der Waals surface area contributed by atoms with E-state index in [1.54, 1.807) is 0 Å². The van der Waals surface area contributed by atoms with Crippen molar-refractivity contribution in [3.8, 4) is 0 Å². The Bertz CT molecular complexity index is 168. The van der Waals surface area contributed by atoms with Crippen LogP contribution in [0.3, 0.4) is 0 Å². The second kappa shape index (κ2) is 3.27. The molecule has 0 saturated heterocycles. The van der Waals surface area contributed by atoms with E-state index in [0.29, 0.717) is 0 Å². The first kappa shape index (κ1) is 9.51. The van der Waals surface area contributed by atoms with Crippen LogP contribution in [-0.4, -0.2) is 10.7 Å². The van der Waals surface area contributed by atoms with Gasteiger partial charge in [0.05, 0.1) is 5.60 Å². The number of rotatable bonds is 2. The molecule has 0 heterocycles. The third-order valence-corrected chi connectivity index (χ3v) is 3.63. The number of aliphatic hydroxyl groups is 1. The Labute approximate surface area is 81.5 Å². The summed E-state index contributed by atoms with van der Waals surface area (Å²) in [7, 11) is 0. The molecule has 2 atom stereocenters. The van der Waals surface area contributed by atoms with Gasteiger partial charge in [-0.15, -0.1) is 0 Å². The summed E-state index contributed by atoms with van der Waals surface area (Å²) in [5.74, 6) is 2.32. The van der Waals surface area contributed by atoms with Gasteiger partial charge >= 0.3 is 0 Å². The molecule has 0 aromatic rings. The summed E-state index contributed by atoms with van der Waals surface area (Å²) in [5, 5.41) is 10.4. The first-order chi connectivity index (χ1) is 6.07. The highest BCUT2D eigenvalue weighted by molar-refractivity contribution is 4.92. The van der Waals surface area contributed by atoms with E-state index in [9.17, 15) is 5.11 Å². The summed E-state index contributed by atoms with van der Waals surface area (Å²) in [6, 6.07) is 0. The Hall–Kier alpha value is -0.0400. The van der Waals surface area contributed by atoms with Crippen molar-refractivity contribution < 1.29 is 5.11 Å². The molecule has 0 spiro atoms. The normalized spacial score (nSPS) is 46.4. The second-order valence-electron chi connectivity index (χ2n) is 5.73. The van der Waals surface area contributed by atoms with Crippen molar-refractivity contribution in [3.63, 3.8) is 0 Å². The third kappa shape index (κ3) is 2.46. The van der Waals surface area contributed by atoms with E-state index in [2.05, 4.69) is 13.8 Å². The Morgan fingerprint density at radius 2 is 1.69 bits per heavy atom. The fraction of sp³-hybridized carbons (Fsp3) is 1.00. The topological polar surface area (TPSA) is 20.2 Å². The molecule has 2 saturated carbocycles. The highest BCUT2D eigenvalue weighted by atomic mass is 16.3. The monoisotopic (exact) mass is 182 g/mol. The molecular weight excluding hydrogens is 160 g/mol. The van der Waals surface area contributed by atoms with Gasteiger partial charge in [-0.3, -0.25) is 0 Å². The lowest BCUT2D eigenvalue weighted by Crippen LogP contribution is -2.38. The Morgan fingerprint density at radius 3 is 2.15 bits per heavy atom. The lowest BCUT2D eigenvalue weighted by Gasteiger charge is -2.39. The SMILES string of the molecule is CC1CC(C)CC(O)(CC2CC2)C1. The molecule has 2 fully saturated rings. The Kier molecular flexibility index (Phi) is 2.39. The molecule has 0 radical (unpaired) electrons. The van der Waals surface area contributed by atoms with Gasteiger partial charge in [0.25, 0.3) is 0 Å². The molecule has 1 heteroatoms. The van der Waals surface area contributed by atoms with E-state index in [4.69, 9.17) is 0 Å². The van der Waals surface area contributed by atoms with Crippen LogP contribution in [0, 0.1) is 17.8 Å². The van der Waals surface area contributed by atoms with Crippen molar-refractivity contribution in [2.24, 2.45) is 17.8 Å². The van der Waals surface area contributed by atoms with Gasteiger partial charge < -0.3 is 5.11 Å². The van der Waals surface area contributed by atoms with Crippen LogP contribution >= 0.6 is 0 Å². The molecule has 2 rings (SSSR count). The summed E-state index contributed by atoms with van der Waals surface area (Å²) in [5.41, 5.74) is -0.293. The average molecular weight is 182 g/mol. The maximum absolute atomic E-state index is 10.4. The molecule has 76 valence electrons. The van der Waals surface area contributed by atoms with Gasteiger partial charge in [0.15, 0.2) is 0 Å². The first-order valence-electron chi connectivity index (χ1n) is 5.80. The van der Waals surface area contributed by atoms with Crippen molar-refractivity contribution in [1.82, 2.24) is 0 Å². The zero-order chi connectivity index (χ0) is 9.47. The van der Waals surface area contributed by atoms with Crippen molar-refractivity contribution >= 4 is 0 Å². The lowest BCUT2D eigenvalue weighted by molar-refractivity contribution is -0.0415. The zero-order valence-corrected chi connectivity index (χ0v) is 8.92. The molecule has 13 heavy (non-hydrogen) atoms. The summed E-state index contributed by atoms with van der Waals surface area (Å²) in [6.07, 6.45) is 7.23. The van der Waals surface area contributed by atoms with Gasteiger partial charge in [-0.05, 0) is 43.4 Å². The van der Waals surface area contributed by atoms with Crippen LogP contribution in [0.5, 0.6) is 0 Å². The van der Waals surface area contributed by atoms with E-state index in [1.807, 2.05) is 0 Å². The molecule has 2 aliphatic carbocycles. The smallest absolute Gasteiger partial charge is 0.0655 e. The van der Waals surface area contributed by atoms with Crippen LogP contribution in [0.2, 0.25) is 0 Å². The number of hydrogen-bond donors (Lipinski definition) is 1. The van der Waals surface area contributed by atoms with Crippen molar-refractivity contribution in [2.45, 2.75) is 58.0 Å². The lowest BCUT2D eigenvalue weighted by atomic mass is 9.72. The van der Waals surface area contributed by atoms with E-state index in [-0.39, 0.29) is 5.60 Å². The Morgan fingerprint density at radius 1 is 1.15 bits per heavy atom. The second-order valence-corrected chi connectivity index (χ2v) is 5.73. The molecule has 2 unspecified atom stereocenters. The van der Waals surface area contributed by atoms with Gasteiger partial charge in [-0.1, -0.05) is 26.7 Å². The zero-order valence-electron chi connectivity index (χ0n) is 8.92. The van der Waals surface area contributed by atoms with Gasteiger partial charge in [0.1, 0.15) is 0 Å². The highest BCUT2D eigenvalue weighted by Gasteiger charge is 2.40. The molecule has 0 amide bonds. The predicted octanol–water partition coefficient (Wildman–Crippen LogP) is 2.97. The molecular formula is C12H22O. The van der Waals surface area contributed by atoms with Crippen LogP contribution in [0.4, 0.5) is 0 Å². The minimum atomic E-state index is -0.293. The highest BCUT2D eigenvalue weighted by Crippen LogP contribution is 2.45. The van der Waals surface area contributed by atoms with Crippen LogP contribution in [0.15, 0.2) is 0 Å². The fourth-order valence-corrected chi connectivity index (χ4v) is 3.26. The molecule has 0 aromatic carbocycles.